The van der Waals surface area contributed by atoms with Crippen molar-refractivity contribution in [3.05, 3.63) is 76.7 Å². The van der Waals surface area contributed by atoms with E-state index in [4.69, 9.17) is 4.74 Å². The molecule has 168 valence electrons. The Balaban J connectivity index is 1.53. The number of benzene rings is 2. The Hall–Kier alpha value is -3.39. The van der Waals surface area contributed by atoms with E-state index in [9.17, 15) is 14.0 Å². The van der Waals surface area contributed by atoms with Crippen molar-refractivity contribution in [2.45, 2.75) is 13.0 Å². The third-order valence-electron chi connectivity index (χ3n) is 5.92. The number of amides is 2. The number of rotatable bonds is 5. The van der Waals surface area contributed by atoms with Gasteiger partial charge in [-0.2, -0.15) is 0 Å². The summed E-state index contributed by atoms with van der Waals surface area (Å²) in [6, 6.07) is 13.1. The number of ether oxygens (including phenoxy) is 1. The first kappa shape index (κ1) is 21.8. The summed E-state index contributed by atoms with van der Waals surface area (Å²) in [4.78, 5) is 29.6. The van der Waals surface area contributed by atoms with Crippen molar-refractivity contribution >= 4 is 17.7 Å². The summed E-state index contributed by atoms with van der Waals surface area (Å²) in [7, 11) is 1.31. The molecule has 2 aromatic rings. The molecule has 0 unspecified atom stereocenters. The van der Waals surface area contributed by atoms with E-state index in [0.717, 1.165) is 26.2 Å². The van der Waals surface area contributed by atoms with Crippen LogP contribution in [-0.2, 0) is 9.53 Å². The van der Waals surface area contributed by atoms with Crippen molar-refractivity contribution in [1.29, 1.82) is 0 Å². The first-order chi connectivity index (χ1) is 15.4. The van der Waals surface area contributed by atoms with Gasteiger partial charge in [0, 0.05) is 44.1 Å². The second kappa shape index (κ2) is 9.40. The zero-order chi connectivity index (χ0) is 22.7. The molecule has 7 nitrogen and oxygen atoms in total. The molecule has 2 aromatic carbocycles. The number of halogens is 1. The van der Waals surface area contributed by atoms with Crippen LogP contribution in [0, 0.1) is 12.7 Å². The molecule has 1 atom stereocenters. The molecule has 0 saturated carbocycles. The summed E-state index contributed by atoms with van der Waals surface area (Å²) in [5.41, 5.74) is 3.88. The first-order valence-electron chi connectivity index (χ1n) is 10.6. The van der Waals surface area contributed by atoms with Gasteiger partial charge in [-0.1, -0.05) is 29.8 Å². The Bertz CT molecular complexity index is 1010. The molecule has 0 aliphatic carbocycles. The summed E-state index contributed by atoms with van der Waals surface area (Å²) in [5, 5.41) is 5.55. The van der Waals surface area contributed by atoms with Crippen LogP contribution in [-0.4, -0.2) is 56.7 Å². The number of carbonyl (C=O) groups is 2. The van der Waals surface area contributed by atoms with Crippen LogP contribution in [0.1, 0.15) is 17.2 Å². The highest BCUT2D eigenvalue weighted by Gasteiger charge is 2.34. The molecule has 0 radical (unpaired) electrons. The SMILES string of the molecule is COC(=O)C1=C(CN2CCN(c3ccc(C)cc3)CC2)NC(=O)N[C@H]1c1ccc(F)cc1. The van der Waals surface area contributed by atoms with Crippen LogP contribution in [0.15, 0.2) is 59.8 Å². The number of nitrogens with zero attached hydrogens (tertiary/aromatic N) is 2. The number of urea groups is 1. The third kappa shape index (κ3) is 4.75. The lowest BCUT2D eigenvalue weighted by Gasteiger charge is -2.38. The number of nitrogens with one attached hydrogen (secondary N) is 2. The summed E-state index contributed by atoms with van der Waals surface area (Å²) in [6.07, 6.45) is 0. The monoisotopic (exact) mass is 438 g/mol. The highest BCUT2D eigenvalue weighted by Crippen LogP contribution is 2.28. The first-order valence-corrected chi connectivity index (χ1v) is 10.6. The van der Waals surface area contributed by atoms with Gasteiger partial charge in [0.15, 0.2) is 0 Å². The van der Waals surface area contributed by atoms with Crippen molar-refractivity contribution in [3.63, 3.8) is 0 Å². The van der Waals surface area contributed by atoms with Crippen LogP contribution < -0.4 is 15.5 Å². The normalized spacial score (nSPS) is 19.4. The van der Waals surface area contributed by atoms with E-state index in [1.54, 1.807) is 12.1 Å². The molecule has 0 spiro atoms. The standard InChI is InChI=1S/C24H27FN4O3/c1-16-3-9-19(10-4-16)29-13-11-28(12-14-29)15-20-21(23(30)32-2)22(27-24(31)26-20)17-5-7-18(25)8-6-17/h3-10,22H,11-15H2,1-2H3,(H2,26,27,31)/t22-/m0/s1. The van der Waals surface area contributed by atoms with Crippen LogP contribution in [0.2, 0.25) is 0 Å². The Morgan fingerprint density at radius 2 is 1.72 bits per heavy atom. The fraction of sp³-hybridized carbons (Fsp3) is 0.333. The fourth-order valence-corrected chi connectivity index (χ4v) is 4.14. The van der Waals surface area contributed by atoms with Crippen LogP contribution in [0.3, 0.4) is 0 Å². The third-order valence-corrected chi connectivity index (χ3v) is 5.92. The van der Waals surface area contributed by atoms with Crippen molar-refractivity contribution < 1.29 is 18.7 Å². The van der Waals surface area contributed by atoms with Gasteiger partial charge in [0.05, 0.1) is 18.7 Å². The number of esters is 1. The average Bonchev–Trinajstić information content (AvgIpc) is 2.80. The molecular formula is C24H27FN4O3. The second-order valence-electron chi connectivity index (χ2n) is 8.07. The van der Waals surface area contributed by atoms with E-state index in [0.29, 0.717) is 23.4 Å². The topological polar surface area (TPSA) is 73.9 Å². The van der Waals surface area contributed by atoms with Gasteiger partial charge in [-0.15, -0.1) is 0 Å². The molecule has 2 aliphatic heterocycles. The summed E-state index contributed by atoms with van der Waals surface area (Å²) in [5.74, 6) is -0.913. The molecule has 1 saturated heterocycles. The minimum atomic E-state index is -0.708. The predicted octanol–water partition coefficient (Wildman–Crippen LogP) is 2.74. The maximum atomic E-state index is 13.4. The van der Waals surface area contributed by atoms with Crippen molar-refractivity contribution in [1.82, 2.24) is 15.5 Å². The molecule has 32 heavy (non-hydrogen) atoms. The van der Waals surface area contributed by atoms with E-state index in [2.05, 4.69) is 51.6 Å². The molecule has 4 rings (SSSR count). The van der Waals surface area contributed by atoms with Crippen LogP contribution in [0.4, 0.5) is 14.9 Å². The zero-order valence-corrected chi connectivity index (χ0v) is 18.2. The van der Waals surface area contributed by atoms with E-state index in [1.165, 1.54) is 30.5 Å². The number of piperazine rings is 1. The van der Waals surface area contributed by atoms with Gasteiger partial charge in [0.1, 0.15) is 5.82 Å². The Morgan fingerprint density at radius 3 is 2.34 bits per heavy atom. The molecule has 2 amide bonds. The lowest BCUT2D eigenvalue weighted by Crippen LogP contribution is -2.51. The van der Waals surface area contributed by atoms with Gasteiger partial charge in [-0.05, 0) is 36.8 Å². The molecule has 2 aliphatic rings. The van der Waals surface area contributed by atoms with E-state index < -0.39 is 18.0 Å². The number of anilines is 1. The van der Waals surface area contributed by atoms with Gasteiger partial charge in [0.25, 0.3) is 0 Å². The van der Waals surface area contributed by atoms with E-state index in [1.807, 2.05) is 0 Å². The summed E-state index contributed by atoms with van der Waals surface area (Å²) >= 11 is 0. The predicted molar refractivity (Wildman–Crippen MR) is 120 cm³/mol. The number of carbonyl (C=O) groups excluding carboxylic acids is 2. The minimum absolute atomic E-state index is 0.333. The lowest BCUT2D eigenvalue weighted by molar-refractivity contribution is -0.136. The molecule has 2 heterocycles. The Morgan fingerprint density at radius 1 is 1.06 bits per heavy atom. The maximum Gasteiger partial charge on any atom is 0.338 e. The quantitative estimate of drug-likeness (QED) is 0.703. The summed E-state index contributed by atoms with van der Waals surface area (Å²) in [6.45, 7) is 5.75. The van der Waals surface area contributed by atoms with Gasteiger partial charge in [-0.3, -0.25) is 4.90 Å². The van der Waals surface area contributed by atoms with Crippen molar-refractivity contribution in [2.24, 2.45) is 0 Å². The number of hydrogen-bond acceptors (Lipinski definition) is 5. The highest BCUT2D eigenvalue weighted by atomic mass is 19.1. The number of methoxy groups -OCH3 is 1. The van der Waals surface area contributed by atoms with Gasteiger partial charge < -0.3 is 20.3 Å². The van der Waals surface area contributed by atoms with E-state index in [-0.39, 0.29) is 5.82 Å². The van der Waals surface area contributed by atoms with Crippen molar-refractivity contribution in [3.8, 4) is 0 Å². The number of hydrogen-bond donors (Lipinski definition) is 2. The summed E-state index contributed by atoms with van der Waals surface area (Å²) < 4.78 is 18.4. The second-order valence-corrected chi connectivity index (χ2v) is 8.07. The molecular weight excluding hydrogens is 411 g/mol. The van der Waals surface area contributed by atoms with Crippen LogP contribution in [0.5, 0.6) is 0 Å². The largest absolute Gasteiger partial charge is 0.466 e. The van der Waals surface area contributed by atoms with Crippen LogP contribution >= 0.6 is 0 Å². The molecule has 8 heteroatoms. The molecule has 2 N–H and O–H groups in total. The highest BCUT2D eigenvalue weighted by molar-refractivity contribution is 5.95. The fourth-order valence-electron chi connectivity index (χ4n) is 4.14. The Labute approximate surface area is 186 Å². The van der Waals surface area contributed by atoms with Gasteiger partial charge in [-0.25, -0.2) is 14.0 Å². The van der Waals surface area contributed by atoms with Crippen LogP contribution in [0.25, 0.3) is 0 Å². The molecule has 0 aromatic heterocycles. The van der Waals surface area contributed by atoms with Gasteiger partial charge in [0.2, 0.25) is 0 Å². The smallest absolute Gasteiger partial charge is 0.338 e. The zero-order valence-electron chi connectivity index (χ0n) is 18.2. The van der Waals surface area contributed by atoms with E-state index >= 15 is 0 Å². The van der Waals surface area contributed by atoms with Crippen molar-refractivity contribution in [2.75, 3.05) is 44.7 Å². The minimum Gasteiger partial charge on any atom is -0.466 e. The number of aryl methyl sites for hydroxylation is 1. The van der Waals surface area contributed by atoms with Gasteiger partial charge >= 0.3 is 12.0 Å². The maximum absolute atomic E-state index is 13.4. The Kier molecular flexibility index (Phi) is 6.41. The lowest BCUT2D eigenvalue weighted by atomic mass is 9.95. The average molecular weight is 439 g/mol. The molecule has 1 fully saturated rings. The molecule has 0 bridgehead atoms.